The van der Waals surface area contributed by atoms with E-state index < -0.39 is 12.3 Å². The number of hydrogen-bond donors (Lipinski definition) is 2. The first kappa shape index (κ1) is 19.0. The van der Waals surface area contributed by atoms with Gasteiger partial charge < -0.3 is 15.2 Å². The van der Waals surface area contributed by atoms with Gasteiger partial charge in [0.1, 0.15) is 11.9 Å². The Bertz CT molecular complexity index is 1040. The maximum Gasteiger partial charge on any atom is 0.233 e. The van der Waals surface area contributed by atoms with Crippen LogP contribution in [-0.4, -0.2) is 49.4 Å². The lowest BCUT2D eigenvalue weighted by atomic mass is 9.84. The summed E-state index contributed by atoms with van der Waals surface area (Å²) in [7, 11) is 1.85. The van der Waals surface area contributed by atoms with Gasteiger partial charge in [-0.25, -0.2) is 4.39 Å². The number of halogens is 1. The van der Waals surface area contributed by atoms with Gasteiger partial charge >= 0.3 is 0 Å². The van der Waals surface area contributed by atoms with E-state index in [1.807, 2.05) is 19.3 Å². The topological polar surface area (TPSA) is 85.1 Å². The number of phenols is 1. The summed E-state index contributed by atoms with van der Waals surface area (Å²) >= 11 is 0. The molecule has 156 valence electrons. The van der Waals surface area contributed by atoms with Crippen molar-refractivity contribution < 1.29 is 14.2 Å². The second kappa shape index (κ2) is 7.68. The summed E-state index contributed by atoms with van der Waals surface area (Å²) in [6.07, 6.45) is 5.67. The highest BCUT2D eigenvalue weighted by atomic mass is 19.1. The van der Waals surface area contributed by atoms with E-state index in [1.165, 1.54) is 0 Å². The van der Waals surface area contributed by atoms with Crippen LogP contribution in [0.4, 0.5) is 4.39 Å². The zero-order valence-corrected chi connectivity index (χ0v) is 16.7. The van der Waals surface area contributed by atoms with Crippen LogP contribution >= 0.6 is 0 Å². The number of nitrogens with zero attached hydrogens (tertiary/aromatic N) is 4. The van der Waals surface area contributed by atoms with Crippen molar-refractivity contribution >= 4 is 0 Å². The molecule has 7 nitrogen and oxygen atoms in total. The number of alkyl halides is 1. The van der Waals surface area contributed by atoms with Gasteiger partial charge in [0.15, 0.2) is 6.17 Å². The molecule has 30 heavy (non-hydrogen) atoms. The van der Waals surface area contributed by atoms with E-state index in [1.54, 1.807) is 35.1 Å². The summed E-state index contributed by atoms with van der Waals surface area (Å²) in [6.45, 7) is 0. The fourth-order valence-electron chi connectivity index (χ4n) is 4.45. The Labute approximate surface area is 173 Å². The molecule has 2 aromatic heterocycles. The van der Waals surface area contributed by atoms with Crippen LogP contribution in [0.2, 0.25) is 0 Å². The first-order valence-corrected chi connectivity index (χ1v) is 10.3. The van der Waals surface area contributed by atoms with Gasteiger partial charge in [-0.1, -0.05) is 12.5 Å². The highest BCUT2D eigenvalue weighted by Gasteiger charge is 2.41. The van der Waals surface area contributed by atoms with Gasteiger partial charge in [-0.05, 0) is 36.6 Å². The second-order valence-corrected chi connectivity index (χ2v) is 8.13. The van der Waals surface area contributed by atoms with Crippen LogP contribution in [0.25, 0.3) is 22.4 Å². The highest BCUT2D eigenvalue weighted by Crippen LogP contribution is 2.33. The zero-order chi connectivity index (χ0) is 20.7. The molecule has 5 rings (SSSR count). The number of aryl methyl sites for hydroxylation is 1. The highest BCUT2D eigenvalue weighted by molar-refractivity contribution is 5.73. The zero-order valence-electron chi connectivity index (χ0n) is 16.7. The molecular formula is C22H24FN5O2. The lowest BCUT2D eigenvalue weighted by Gasteiger charge is -2.42. The molecule has 0 aliphatic carbocycles. The number of aromatic hydroxyl groups is 1. The van der Waals surface area contributed by atoms with E-state index in [0.29, 0.717) is 29.6 Å². The van der Waals surface area contributed by atoms with Crippen molar-refractivity contribution in [1.82, 2.24) is 25.3 Å². The van der Waals surface area contributed by atoms with E-state index in [9.17, 15) is 9.50 Å². The summed E-state index contributed by atoms with van der Waals surface area (Å²) in [5.74, 6) is 0.409. The van der Waals surface area contributed by atoms with Crippen molar-refractivity contribution in [2.24, 2.45) is 7.05 Å². The molecule has 0 spiro atoms. The van der Waals surface area contributed by atoms with Gasteiger partial charge in [-0.15, -0.1) is 10.2 Å². The lowest BCUT2D eigenvalue weighted by Crippen LogP contribution is -2.59. The Morgan fingerprint density at radius 3 is 2.80 bits per heavy atom. The molecular weight excluding hydrogens is 385 g/mol. The number of hydrogen-bond acceptors (Lipinski definition) is 6. The average Bonchev–Trinajstić information content (AvgIpc) is 3.19. The maximum atomic E-state index is 14.7. The summed E-state index contributed by atoms with van der Waals surface area (Å²) < 4.78 is 22.3. The lowest BCUT2D eigenvalue weighted by molar-refractivity contribution is 0.00652. The first-order chi connectivity index (χ1) is 14.6. The predicted molar refractivity (Wildman–Crippen MR) is 110 cm³/mol. The number of phenolic OH excluding ortho intramolecular Hbond substituents is 1. The van der Waals surface area contributed by atoms with Crippen molar-refractivity contribution in [1.29, 1.82) is 0 Å². The first-order valence-electron chi connectivity index (χ1n) is 10.3. The monoisotopic (exact) mass is 409 g/mol. The van der Waals surface area contributed by atoms with Crippen molar-refractivity contribution in [2.45, 2.75) is 50.0 Å². The van der Waals surface area contributed by atoms with Crippen LogP contribution in [-0.2, 0) is 7.05 Å². The van der Waals surface area contributed by atoms with Gasteiger partial charge in [0.05, 0.1) is 11.9 Å². The summed E-state index contributed by atoms with van der Waals surface area (Å²) in [5.41, 5.74) is 2.88. The quantitative estimate of drug-likeness (QED) is 0.688. The molecule has 1 aromatic carbocycles. The standard InChI is InChI=1S/C22H24FN5O2/c1-28-12-14(11-24-28)13-5-6-16(19(29)9-13)17-7-8-21(27-26-17)30-20-10-15-3-2-4-18(25-15)22(20)23/h5-9,11-12,15,18,20,22,25,29H,2-4,10H2,1H3/t15-,18+,20-,22-/m1/s1. The molecule has 0 unspecified atom stereocenters. The smallest absolute Gasteiger partial charge is 0.233 e. The molecule has 2 saturated heterocycles. The number of rotatable bonds is 4. The SMILES string of the molecule is Cn1cc(-c2ccc(-c3ccc(O[C@@H]4C[C@H]5CCC[C@H](N5)[C@H]4F)nn3)c(O)c2)cn1. The molecule has 2 aliphatic heterocycles. The molecule has 3 aromatic rings. The summed E-state index contributed by atoms with van der Waals surface area (Å²) in [6, 6.07) is 8.97. The molecule has 8 heteroatoms. The fraction of sp³-hybridized carbons (Fsp3) is 0.409. The molecule has 2 bridgehead atoms. The third-order valence-corrected chi connectivity index (χ3v) is 6.00. The van der Waals surface area contributed by atoms with Crippen LogP contribution in [0.3, 0.4) is 0 Å². The Morgan fingerprint density at radius 2 is 2.07 bits per heavy atom. The molecule has 2 fully saturated rings. The molecule has 4 atom stereocenters. The van der Waals surface area contributed by atoms with Crippen molar-refractivity contribution in [2.75, 3.05) is 0 Å². The normalized spacial score (nSPS) is 25.8. The maximum absolute atomic E-state index is 14.7. The van der Waals surface area contributed by atoms with Gasteiger partial charge in [-0.2, -0.15) is 5.10 Å². The van der Waals surface area contributed by atoms with Crippen molar-refractivity contribution in [3.8, 4) is 34.0 Å². The molecule has 2 aliphatic rings. The molecule has 0 amide bonds. The van der Waals surface area contributed by atoms with Gasteiger partial charge in [0.25, 0.3) is 0 Å². The number of piperidine rings is 2. The predicted octanol–water partition coefficient (Wildman–Crippen LogP) is 3.25. The van der Waals surface area contributed by atoms with E-state index in [0.717, 1.165) is 30.4 Å². The second-order valence-electron chi connectivity index (χ2n) is 8.13. The fourth-order valence-corrected chi connectivity index (χ4v) is 4.45. The Hall–Kier alpha value is -3.00. The number of ether oxygens (including phenoxy) is 1. The molecule has 4 heterocycles. The molecule has 2 N–H and O–H groups in total. The Morgan fingerprint density at radius 1 is 1.17 bits per heavy atom. The minimum Gasteiger partial charge on any atom is -0.507 e. The number of aromatic nitrogens is 4. The average molecular weight is 409 g/mol. The van der Waals surface area contributed by atoms with Crippen LogP contribution in [0.15, 0.2) is 42.7 Å². The summed E-state index contributed by atoms with van der Waals surface area (Å²) in [5, 5.41) is 26.3. The summed E-state index contributed by atoms with van der Waals surface area (Å²) in [4.78, 5) is 0. The van der Waals surface area contributed by atoms with Crippen molar-refractivity contribution in [3.05, 3.63) is 42.7 Å². The Kier molecular flexibility index (Phi) is 4.86. The van der Waals surface area contributed by atoms with E-state index in [-0.39, 0.29) is 11.8 Å². The van der Waals surface area contributed by atoms with Crippen molar-refractivity contribution in [3.63, 3.8) is 0 Å². The number of nitrogens with one attached hydrogen (secondary N) is 1. The Balaban J connectivity index is 1.31. The van der Waals surface area contributed by atoms with Crippen LogP contribution in [0, 0.1) is 0 Å². The van der Waals surface area contributed by atoms with Gasteiger partial charge in [0, 0.05) is 48.9 Å². The third kappa shape index (κ3) is 3.63. The van der Waals surface area contributed by atoms with Crippen LogP contribution in [0.1, 0.15) is 25.7 Å². The minimum atomic E-state index is -1.05. The number of fused-ring (bicyclic) bond motifs is 2. The van der Waals surface area contributed by atoms with E-state index in [2.05, 4.69) is 20.6 Å². The molecule has 0 saturated carbocycles. The minimum absolute atomic E-state index is 0.106. The largest absolute Gasteiger partial charge is 0.507 e. The van der Waals surface area contributed by atoms with Crippen LogP contribution < -0.4 is 10.1 Å². The third-order valence-electron chi connectivity index (χ3n) is 6.00. The van der Waals surface area contributed by atoms with E-state index >= 15 is 0 Å². The number of benzene rings is 1. The van der Waals surface area contributed by atoms with E-state index in [4.69, 9.17) is 4.74 Å². The van der Waals surface area contributed by atoms with Gasteiger partial charge in [-0.3, -0.25) is 4.68 Å². The van der Waals surface area contributed by atoms with Crippen LogP contribution in [0.5, 0.6) is 11.6 Å². The molecule has 0 radical (unpaired) electrons. The van der Waals surface area contributed by atoms with Gasteiger partial charge in [0.2, 0.25) is 5.88 Å².